The van der Waals surface area contributed by atoms with Crippen molar-refractivity contribution in [3.05, 3.63) is 65.1 Å². The second kappa shape index (κ2) is 7.76. The molecule has 2 aromatic heterocycles. The number of hydrogen-bond donors (Lipinski definition) is 0. The molecule has 7 heteroatoms. The fourth-order valence-electron chi connectivity index (χ4n) is 2.19. The van der Waals surface area contributed by atoms with Crippen LogP contribution in [0.4, 0.5) is 0 Å². The van der Waals surface area contributed by atoms with E-state index in [9.17, 15) is 9.59 Å². The number of aromatic nitrogens is 1. The van der Waals surface area contributed by atoms with Crippen molar-refractivity contribution in [2.45, 2.75) is 13.0 Å². The summed E-state index contributed by atoms with van der Waals surface area (Å²) < 4.78 is 15.0. The third-order valence-corrected chi connectivity index (χ3v) is 4.35. The largest absolute Gasteiger partial charge is 0.465 e. The van der Waals surface area contributed by atoms with Crippen molar-refractivity contribution < 1.29 is 23.5 Å². The number of furan rings is 1. The van der Waals surface area contributed by atoms with Crippen molar-refractivity contribution in [3.63, 3.8) is 0 Å². The van der Waals surface area contributed by atoms with Crippen LogP contribution in [0, 0.1) is 0 Å². The Morgan fingerprint density at radius 2 is 2.00 bits per heavy atom. The zero-order valence-electron chi connectivity index (χ0n) is 13.4. The van der Waals surface area contributed by atoms with Gasteiger partial charge in [-0.3, -0.25) is 4.79 Å². The number of ether oxygens (including phenoxy) is 2. The minimum atomic E-state index is -0.535. The van der Waals surface area contributed by atoms with Gasteiger partial charge in [0.15, 0.2) is 5.76 Å². The zero-order valence-corrected chi connectivity index (χ0v) is 14.2. The molecule has 0 unspecified atom stereocenters. The van der Waals surface area contributed by atoms with Gasteiger partial charge in [0.2, 0.25) is 0 Å². The number of methoxy groups -OCH3 is 1. The van der Waals surface area contributed by atoms with Crippen molar-refractivity contribution in [1.29, 1.82) is 0 Å². The molecule has 128 valence electrons. The van der Waals surface area contributed by atoms with E-state index in [2.05, 4.69) is 9.72 Å². The first-order chi connectivity index (χ1) is 12.2. The van der Waals surface area contributed by atoms with Gasteiger partial charge in [-0.25, -0.2) is 9.78 Å². The Morgan fingerprint density at radius 1 is 1.20 bits per heavy atom. The second-order valence-corrected chi connectivity index (χ2v) is 5.95. The normalized spacial score (nSPS) is 10.4. The van der Waals surface area contributed by atoms with E-state index in [0.29, 0.717) is 5.69 Å². The average molecular weight is 357 g/mol. The SMILES string of the molecule is COC(=O)c1ccoc1COC(=O)Cc1csc(-c2ccccc2)n1. The Balaban J connectivity index is 1.58. The second-order valence-electron chi connectivity index (χ2n) is 5.10. The highest BCUT2D eigenvalue weighted by molar-refractivity contribution is 7.13. The van der Waals surface area contributed by atoms with E-state index in [-0.39, 0.29) is 24.4 Å². The number of esters is 2. The van der Waals surface area contributed by atoms with Gasteiger partial charge in [-0.05, 0) is 6.07 Å². The number of thiazole rings is 1. The molecule has 0 saturated carbocycles. The molecule has 0 aliphatic rings. The molecule has 2 heterocycles. The van der Waals surface area contributed by atoms with E-state index in [0.717, 1.165) is 10.6 Å². The van der Waals surface area contributed by atoms with Gasteiger partial charge in [-0.1, -0.05) is 30.3 Å². The molecule has 0 aliphatic carbocycles. The van der Waals surface area contributed by atoms with Crippen LogP contribution in [-0.2, 0) is 27.3 Å². The summed E-state index contributed by atoms with van der Waals surface area (Å²) in [7, 11) is 1.28. The lowest BCUT2D eigenvalue weighted by atomic mass is 10.2. The van der Waals surface area contributed by atoms with Crippen LogP contribution in [0.25, 0.3) is 10.6 Å². The van der Waals surface area contributed by atoms with E-state index in [1.165, 1.54) is 30.8 Å². The van der Waals surface area contributed by atoms with Crippen molar-refractivity contribution in [3.8, 4) is 10.6 Å². The third-order valence-electron chi connectivity index (χ3n) is 3.41. The standard InChI is InChI=1S/C18H15NO5S/c1-22-18(21)14-7-8-23-15(14)10-24-16(20)9-13-11-25-17(19-13)12-5-3-2-4-6-12/h2-8,11H,9-10H2,1H3. The fourth-order valence-corrected chi connectivity index (χ4v) is 3.02. The van der Waals surface area contributed by atoms with Gasteiger partial charge in [0.05, 0.1) is 25.5 Å². The molecule has 3 aromatic rings. The van der Waals surface area contributed by atoms with Gasteiger partial charge >= 0.3 is 11.9 Å². The van der Waals surface area contributed by atoms with Gasteiger partial charge in [-0.2, -0.15) is 0 Å². The van der Waals surface area contributed by atoms with Crippen LogP contribution >= 0.6 is 11.3 Å². The molecule has 3 rings (SSSR count). The van der Waals surface area contributed by atoms with Crippen LogP contribution in [0.5, 0.6) is 0 Å². The first-order valence-corrected chi connectivity index (χ1v) is 8.35. The first kappa shape index (κ1) is 16.9. The van der Waals surface area contributed by atoms with Gasteiger partial charge in [0.25, 0.3) is 0 Å². The predicted molar refractivity (Wildman–Crippen MR) is 91.1 cm³/mol. The summed E-state index contributed by atoms with van der Waals surface area (Å²) >= 11 is 1.47. The summed E-state index contributed by atoms with van der Waals surface area (Å²) in [6.45, 7) is -0.133. The Labute approximate surface area is 148 Å². The van der Waals surface area contributed by atoms with E-state index < -0.39 is 11.9 Å². The number of nitrogens with zero attached hydrogens (tertiary/aromatic N) is 1. The zero-order chi connectivity index (χ0) is 17.6. The summed E-state index contributed by atoms with van der Waals surface area (Å²) in [5.74, 6) is -0.729. The fraction of sp³-hybridized carbons (Fsp3) is 0.167. The maximum absolute atomic E-state index is 12.0. The number of carbonyl (C=O) groups excluding carboxylic acids is 2. The van der Waals surface area contributed by atoms with Gasteiger partial charge in [-0.15, -0.1) is 11.3 Å². The summed E-state index contributed by atoms with van der Waals surface area (Å²) in [6.07, 6.45) is 1.40. The van der Waals surface area contributed by atoms with Crippen LogP contribution in [0.3, 0.4) is 0 Å². The molecule has 0 spiro atoms. The van der Waals surface area contributed by atoms with Crippen molar-refractivity contribution in [2.75, 3.05) is 7.11 Å². The lowest BCUT2D eigenvalue weighted by Crippen LogP contribution is -2.10. The molecule has 0 fully saturated rings. The molecule has 0 amide bonds. The molecular weight excluding hydrogens is 342 g/mol. The topological polar surface area (TPSA) is 78.6 Å². The lowest BCUT2D eigenvalue weighted by Gasteiger charge is -2.03. The first-order valence-electron chi connectivity index (χ1n) is 7.47. The maximum Gasteiger partial charge on any atom is 0.341 e. The molecule has 6 nitrogen and oxygen atoms in total. The number of benzene rings is 1. The van der Waals surface area contributed by atoms with Crippen molar-refractivity contribution in [2.24, 2.45) is 0 Å². The molecule has 0 saturated heterocycles. The molecule has 0 N–H and O–H groups in total. The molecule has 0 atom stereocenters. The van der Waals surface area contributed by atoms with E-state index in [1.54, 1.807) is 0 Å². The molecular formula is C18H15NO5S. The third kappa shape index (κ3) is 4.13. The van der Waals surface area contributed by atoms with Crippen LogP contribution in [0.1, 0.15) is 21.8 Å². The van der Waals surface area contributed by atoms with Crippen LogP contribution in [0.2, 0.25) is 0 Å². The van der Waals surface area contributed by atoms with Crippen molar-refractivity contribution >= 4 is 23.3 Å². The number of carbonyl (C=O) groups is 2. The molecule has 0 bridgehead atoms. The lowest BCUT2D eigenvalue weighted by molar-refractivity contribution is -0.144. The van der Waals surface area contributed by atoms with E-state index in [1.807, 2.05) is 35.7 Å². The Morgan fingerprint density at radius 3 is 2.76 bits per heavy atom. The van der Waals surface area contributed by atoms with Crippen LogP contribution in [-0.4, -0.2) is 24.0 Å². The predicted octanol–water partition coefficient (Wildman–Crippen LogP) is 3.48. The molecule has 1 aromatic carbocycles. The highest BCUT2D eigenvalue weighted by Gasteiger charge is 2.17. The highest BCUT2D eigenvalue weighted by atomic mass is 32.1. The van der Waals surface area contributed by atoms with Crippen LogP contribution < -0.4 is 0 Å². The summed E-state index contributed by atoms with van der Waals surface area (Å²) in [5.41, 5.74) is 1.89. The van der Waals surface area contributed by atoms with Gasteiger partial charge < -0.3 is 13.9 Å². The van der Waals surface area contributed by atoms with E-state index in [4.69, 9.17) is 9.15 Å². The molecule has 25 heavy (non-hydrogen) atoms. The smallest absolute Gasteiger partial charge is 0.341 e. The Bertz CT molecular complexity index is 868. The van der Waals surface area contributed by atoms with Crippen LogP contribution in [0.15, 0.2) is 52.5 Å². The minimum absolute atomic E-state index is 0.0532. The highest BCUT2D eigenvalue weighted by Crippen LogP contribution is 2.23. The minimum Gasteiger partial charge on any atom is -0.465 e. The molecule has 0 aliphatic heterocycles. The van der Waals surface area contributed by atoms with Gasteiger partial charge in [0.1, 0.15) is 17.2 Å². The monoisotopic (exact) mass is 357 g/mol. The average Bonchev–Trinajstić information content (AvgIpc) is 3.29. The quantitative estimate of drug-likeness (QED) is 0.629. The summed E-state index contributed by atoms with van der Waals surface area (Å²) in [6, 6.07) is 11.2. The van der Waals surface area contributed by atoms with Crippen molar-refractivity contribution in [1.82, 2.24) is 4.98 Å². The Kier molecular flexibility index (Phi) is 5.25. The number of rotatable bonds is 6. The summed E-state index contributed by atoms with van der Waals surface area (Å²) in [4.78, 5) is 28.0. The summed E-state index contributed by atoms with van der Waals surface area (Å²) in [5, 5.41) is 2.68. The maximum atomic E-state index is 12.0. The Hall–Kier alpha value is -2.93. The number of hydrogen-bond acceptors (Lipinski definition) is 7. The molecule has 0 radical (unpaired) electrons. The van der Waals surface area contributed by atoms with Gasteiger partial charge in [0, 0.05) is 10.9 Å². The van der Waals surface area contributed by atoms with E-state index >= 15 is 0 Å².